The number of anilines is 1. The van der Waals surface area contributed by atoms with E-state index in [0.717, 1.165) is 22.6 Å². The van der Waals surface area contributed by atoms with Crippen LogP contribution in [0.2, 0.25) is 0 Å². The minimum absolute atomic E-state index is 0.0395. The number of ether oxygens (including phenoxy) is 1. The molecule has 1 heterocycles. The molecule has 0 saturated carbocycles. The molecular weight excluding hydrogens is 316 g/mol. The number of methoxy groups -OCH3 is 1. The Morgan fingerprint density at radius 2 is 1.88 bits per heavy atom. The van der Waals surface area contributed by atoms with Gasteiger partial charge < -0.3 is 10.1 Å². The van der Waals surface area contributed by atoms with Crippen molar-refractivity contribution in [3.05, 3.63) is 59.7 Å². The molecule has 0 bridgehead atoms. The van der Waals surface area contributed by atoms with Gasteiger partial charge in [0.2, 0.25) is 11.8 Å². The summed E-state index contributed by atoms with van der Waals surface area (Å²) in [6.45, 7) is 2.18. The lowest BCUT2D eigenvalue weighted by Gasteiger charge is -2.24. The number of rotatable bonds is 5. The summed E-state index contributed by atoms with van der Waals surface area (Å²) in [5.41, 5.74) is 2.77. The van der Waals surface area contributed by atoms with Crippen LogP contribution in [-0.2, 0) is 22.6 Å². The van der Waals surface area contributed by atoms with Crippen LogP contribution in [0.1, 0.15) is 24.5 Å². The Labute approximate surface area is 147 Å². The van der Waals surface area contributed by atoms with Crippen LogP contribution in [0.3, 0.4) is 0 Å². The summed E-state index contributed by atoms with van der Waals surface area (Å²) in [5, 5.41) is 2.95. The third-order valence-electron chi connectivity index (χ3n) is 4.50. The number of para-hydroxylation sites is 2. The summed E-state index contributed by atoms with van der Waals surface area (Å²) in [7, 11) is 1.61. The second kappa shape index (κ2) is 7.38. The van der Waals surface area contributed by atoms with Crippen molar-refractivity contribution in [1.82, 2.24) is 5.32 Å². The van der Waals surface area contributed by atoms with Crippen molar-refractivity contribution in [2.45, 2.75) is 32.4 Å². The van der Waals surface area contributed by atoms with Crippen LogP contribution in [-0.4, -0.2) is 25.0 Å². The molecule has 1 atom stereocenters. The van der Waals surface area contributed by atoms with E-state index in [1.54, 1.807) is 12.0 Å². The van der Waals surface area contributed by atoms with Crippen molar-refractivity contribution in [1.29, 1.82) is 0 Å². The van der Waals surface area contributed by atoms with Crippen LogP contribution in [0.4, 0.5) is 5.69 Å². The van der Waals surface area contributed by atoms with Crippen molar-refractivity contribution in [3.8, 4) is 5.75 Å². The molecule has 0 aliphatic carbocycles. The molecule has 0 aromatic heterocycles. The molecule has 3 rings (SSSR count). The van der Waals surface area contributed by atoms with E-state index < -0.39 is 6.04 Å². The van der Waals surface area contributed by atoms with Crippen LogP contribution >= 0.6 is 0 Å². The summed E-state index contributed by atoms with van der Waals surface area (Å²) >= 11 is 0. The van der Waals surface area contributed by atoms with Gasteiger partial charge in [0.25, 0.3) is 0 Å². The van der Waals surface area contributed by atoms with Gasteiger partial charge in [-0.3, -0.25) is 14.5 Å². The summed E-state index contributed by atoms with van der Waals surface area (Å²) in [4.78, 5) is 26.8. The van der Waals surface area contributed by atoms with Gasteiger partial charge in [-0.05, 0) is 17.7 Å². The van der Waals surface area contributed by atoms with Gasteiger partial charge in [-0.15, -0.1) is 0 Å². The molecule has 5 nitrogen and oxygen atoms in total. The monoisotopic (exact) mass is 338 g/mol. The van der Waals surface area contributed by atoms with E-state index in [0.29, 0.717) is 19.4 Å². The van der Waals surface area contributed by atoms with Gasteiger partial charge in [0.15, 0.2) is 0 Å². The highest BCUT2D eigenvalue weighted by Gasteiger charge is 2.37. The zero-order valence-electron chi connectivity index (χ0n) is 14.5. The maximum Gasteiger partial charge on any atom is 0.243 e. The lowest BCUT2D eigenvalue weighted by Crippen LogP contribution is -2.47. The van der Waals surface area contributed by atoms with Gasteiger partial charge in [0, 0.05) is 30.6 Å². The molecular formula is C20H22N2O3. The molecule has 1 aliphatic heterocycles. The maximum absolute atomic E-state index is 12.8. The molecule has 0 radical (unpaired) electrons. The van der Waals surface area contributed by atoms with E-state index in [9.17, 15) is 9.59 Å². The smallest absolute Gasteiger partial charge is 0.243 e. The number of benzene rings is 2. The van der Waals surface area contributed by atoms with E-state index in [-0.39, 0.29) is 11.8 Å². The Morgan fingerprint density at radius 1 is 1.16 bits per heavy atom. The normalized spacial score (nSPS) is 15.6. The van der Waals surface area contributed by atoms with Crippen LogP contribution in [0.15, 0.2) is 48.5 Å². The van der Waals surface area contributed by atoms with Gasteiger partial charge in [-0.1, -0.05) is 43.3 Å². The average Bonchev–Trinajstić information content (AvgIpc) is 3.05. The van der Waals surface area contributed by atoms with Crippen molar-refractivity contribution in [2.24, 2.45) is 0 Å². The zero-order valence-corrected chi connectivity index (χ0v) is 14.5. The van der Waals surface area contributed by atoms with Gasteiger partial charge in [-0.25, -0.2) is 0 Å². The lowest BCUT2D eigenvalue weighted by molar-refractivity contribution is -0.126. The van der Waals surface area contributed by atoms with E-state index >= 15 is 0 Å². The molecule has 5 heteroatoms. The third-order valence-corrected chi connectivity index (χ3v) is 4.50. The van der Waals surface area contributed by atoms with Crippen molar-refractivity contribution in [2.75, 3.05) is 12.0 Å². The highest BCUT2D eigenvalue weighted by Crippen LogP contribution is 2.32. The number of hydrogen-bond acceptors (Lipinski definition) is 3. The summed E-state index contributed by atoms with van der Waals surface area (Å²) in [6.07, 6.45) is 0.907. The van der Waals surface area contributed by atoms with Gasteiger partial charge in [0.1, 0.15) is 11.8 Å². The fourth-order valence-electron chi connectivity index (χ4n) is 3.22. The molecule has 2 aromatic carbocycles. The number of carbonyl (C=O) groups is 2. The Kier molecular flexibility index (Phi) is 5.03. The zero-order chi connectivity index (χ0) is 17.8. The molecule has 25 heavy (non-hydrogen) atoms. The largest absolute Gasteiger partial charge is 0.496 e. The Hall–Kier alpha value is -2.82. The molecule has 0 spiro atoms. The number of nitrogens with one attached hydrogen (secondary N) is 1. The highest BCUT2D eigenvalue weighted by atomic mass is 16.5. The van der Waals surface area contributed by atoms with Crippen LogP contribution < -0.4 is 15.0 Å². The Balaban J connectivity index is 1.76. The van der Waals surface area contributed by atoms with E-state index in [1.165, 1.54) is 0 Å². The molecule has 2 amide bonds. The van der Waals surface area contributed by atoms with E-state index in [1.807, 2.05) is 55.5 Å². The predicted octanol–water partition coefficient (Wildman–Crippen LogP) is 2.68. The highest BCUT2D eigenvalue weighted by molar-refractivity contribution is 6.03. The summed E-state index contributed by atoms with van der Waals surface area (Å²) < 4.78 is 5.31. The molecule has 0 fully saturated rings. The van der Waals surface area contributed by atoms with Crippen LogP contribution in [0, 0.1) is 0 Å². The van der Waals surface area contributed by atoms with Gasteiger partial charge in [0.05, 0.1) is 7.11 Å². The maximum atomic E-state index is 12.8. The average molecular weight is 338 g/mol. The quantitative estimate of drug-likeness (QED) is 0.912. The number of nitrogens with zero attached hydrogens (tertiary/aromatic N) is 1. The fraction of sp³-hybridized carbons (Fsp3) is 0.300. The number of carbonyl (C=O) groups excluding carboxylic acids is 2. The van der Waals surface area contributed by atoms with Gasteiger partial charge in [-0.2, -0.15) is 0 Å². The standard InChI is InChI=1S/C20H22N2O3/c1-3-19(23)22-16-10-6-4-8-14(16)12-17(22)20(24)21-13-15-9-5-7-11-18(15)25-2/h4-11,17H,3,12-13H2,1-2H3,(H,21,24)/t17-/m1/s1. The minimum Gasteiger partial charge on any atom is -0.496 e. The summed E-state index contributed by atoms with van der Waals surface area (Å²) in [6, 6.07) is 14.8. The first-order valence-corrected chi connectivity index (χ1v) is 8.45. The molecule has 2 aromatic rings. The predicted molar refractivity (Wildman–Crippen MR) is 96.6 cm³/mol. The second-order valence-electron chi connectivity index (χ2n) is 6.00. The van der Waals surface area contributed by atoms with E-state index in [4.69, 9.17) is 4.74 Å². The molecule has 130 valence electrons. The summed E-state index contributed by atoms with van der Waals surface area (Å²) in [5.74, 6) is 0.547. The first kappa shape index (κ1) is 17.0. The SMILES string of the molecule is CCC(=O)N1c2ccccc2C[C@@H]1C(=O)NCc1ccccc1OC. The number of fused-ring (bicyclic) bond motifs is 1. The van der Waals surface area contributed by atoms with Crippen molar-refractivity contribution < 1.29 is 14.3 Å². The second-order valence-corrected chi connectivity index (χ2v) is 6.00. The Bertz CT molecular complexity index is 788. The Morgan fingerprint density at radius 3 is 2.64 bits per heavy atom. The first-order valence-electron chi connectivity index (χ1n) is 8.45. The van der Waals surface area contributed by atoms with Crippen molar-refractivity contribution in [3.63, 3.8) is 0 Å². The number of amides is 2. The van der Waals surface area contributed by atoms with Crippen molar-refractivity contribution >= 4 is 17.5 Å². The van der Waals surface area contributed by atoms with E-state index in [2.05, 4.69) is 5.32 Å². The third kappa shape index (κ3) is 3.36. The molecule has 0 unspecified atom stereocenters. The molecule has 1 N–H and O–H groups in total. The first-order chi connectivity index (χ1) is 12.2. The van der Waals surface area contributed by atoms with Crippen LogP contribution in [0.5, 0.6) is 5.75 Å². The fourth-order valence-corrected chi connectivity index (χ4v) is 3.22. The molecule has 0 saturated heterocycles. The lowest BCUT2D eigenvalue weighted by atomic mass is 10.1. The minimum atomic E-state index is -0.500. The molecule has 1 aliphatic rings. The van der Waals surface area contributed by atoms with Crippen LogP contribution in [0.25, 0.3) is 0 Å². The topological polar surface area (TPSA) is 58.6 Å². The number of hydrogen-bond donors (Lipinski definition) is 1. The van der Waals surface area contributed by atoms with Gasteiger partial charge >= 0.3 is 0 Å².